The Bertz CT molecular complexity index is 1090. The zero-order valence-electron chi connectivity index (χ0n) is 21.4. The molecule has 0 saturated carbocycles. The summed E-state index contributed by atoms with van der Waals surface area (Å²) >= 11 is 1.65. The van der Waals surface area contributed by atoms with Crippen molar-refractivity contribution in [3.8, 4) is 5.75 Å². The van der Waals surface area contributed by atoms with E-state index in [0.717, 1.165) is 21.8 Å². The molecule has 0 heterocycles. The number of nitrogens with one attached hydrogen (secondary N) is 1. The zero-order chi connectivity index (χ0) is 25.8. The van der Waals surface area contributed by atoms with Gasteiger partial charge >= 0.3 is 0 Å². The fraction of sp³-hybridized carbons (Fsp3) is 0.333. The molecule has 0 saturated heterocycles. The molecule has 0 aliphatic rings. The molecular formula is C30H36N2O3S. The quantitative estimate of drug-likeness (QED) is 0.308. The van der Waals surface area contributed by atoms with Gasteiger partial charge in [0.15, 0.2) is 0 Å². The highest BCUT2D eigenvalue weighted by molar-refractivity contribution is 7.99. The first-order valence-electron chi connectivity index (χ1n) is 12.4. The van der Waals surface area contributed by atoms with E-state index in [2.05, 4.69) is 19.2 Å². The molecular weight excluding hydrogens is 468 g/mol. The average Bonchev–Trinajstić information content (AvgIpc) is 2.90. The Kier molecular flexibility index (Phi) is 10.9. The van der Waals surface area contributed by atoms with Gasteiger partial charge in [-0.25, -0.2) is 0 Å². The van der Waals surface area contributed by atoms with Gasteiger partial charge in [0.1, 0.15) is 11.8 Å². The molecule has 6 heteroatoms. The molecule has 0 aromatic heterocycles. The summed E-state index contributed by atoms with van der Waals surface area (Å²) in [6, 6.07) is 27.0. The average molecular weight is 505 g/mol. The Morgan fingerprint density at radius 2 is 1.58 bits per heavy atom. The second-order valence-corrected chi connectivity index (χ2v) is 10.3. The Balaban J connectivity index is 1.86. The SMILES string of the molecule is COc1cccc(CN(C(=O)CCSc2ccccc2)[C@H](Cc2ccccc2)C(=O)NCC(C)C)c1. The van der Waals surface area contributed by atoms with Crippen molar-refractivity contribution in [3.63, 3.8) is 0 Å². The van der Waals surface area contributed by atoms with E-state index in [0.29, 0.717) is 37.6 Å². The van der Waals surface area contributed by atoms with Crippen LogP contribution in [0.1, 0.15) is 31.4 Å². The first-order chi connectivity index (χ1) is 17.5. The highest BCUT2D eigenvalue weighted by atomic mass is 32.2. The van der Waals surface area contributed by atoms with E-state index in [4.69, 9.17) is 4.74 Å². The van der Waals surface area contributed by atoms with Gasteiger partial charge in [-0.3, -0.25) is 9.59 Å². The van der Waals surface area contributed by atoms with Crippen LogP contribution < -0.4 is 10.1 Å². The standard InChI is InChI=1S/C30H36N2O3S/c1-23(2)21-31-30(34)28(20-24-11-6-4-7-12-24)32(22-25-13-10-14-26(19-25)35-3)29(33)17-18-36-27-15-8-5-9-16-27/h4-16,19,23,28H,17-18,20-22H2,1-3H3,(H,31,34)/t28-/m1/s1. The van der Waals surface area contributed by atoms with Crippen molar-refractivity contribution in [2.75, 3.05) is 19.4 Å². The van der Waals surface area contributed by atoms with Crippen LogP contribution in [0.5, 0.6) is 5.75 Å². The molecule has 0 unspecified atom stereocenters. The van der Waals surface area contributed by atoms with Crippen LogP contribution in [0.3, 0.4) is 0 Å². The molecule has 0 aliphatic carbocycles. The minimum Gasteiger partial charge on any atom is -0.497 e. The second kappa shape index (κ2) is 14.3. The molecule has 1 N–H and O–H groups in total. The lowest BCUT2D eigenvalue weighted by Gasteiger charge is -2.32. The van der Waals surface area contributed by atoms with Crippen molar-refractivity contribution in [1.29, 1.82) is 0 Å². The van der Waals surface area contributed by atoms with Gasteiger partial charge in [-0.1, -0.05) is 74.5 Å². The molecule has 0 spiro atoms. The van der Waals surface area contributed by atoms with Gasteiger partial charge in [0, 0.05) is 36.6 Å². The summed E-state index contributed by atoms with van der Waals surface area (Å²) < 4.78 is 5.39. The normalized spacial score (nSPS) is 11.7. The summed E-state index contributed by atoms with van der Waals surface area (Å²) in [6.07, 6.45) is 0.790. The maximum atomic E-state index is 13.7. The van der Waals surface area contributed by atoms with Gasteiger partial charge in [-0.2, -0.15) is 0 Å². The Hall–Kier alpha value is -3.25. The maximum Gasteiger partial charge on any atom is 0.243 e. The molecule has 190 valence electrons. The van der Waals surface area contributed by atoms with Crippen molar-refractivity contribution < 1.29 is 14.3 Å². The highest BCUT2D eigenvalue weighted by Gasteiger charge is 2.30. The number of amides is 2. The van der Waals surface area contributed by atoms with Gasteiger partial charge in [0.05, 0.1) is 7.11 Å². The summed E-state index contributed by atoms with van der Waals surface area (Å²) in [5, 5.41) is 3.07. The van der Waals surface area contributed by atoms with E-state index in [1.807, 2.05) is 84.9 Å². The Morgan fingerprint density at radius 1 is 0.917 bits per heavy atom. The Morgan fingerprint density at radius 3 is 2.25 bits per heavy atom. The third-order valence-corrected chi connectivity index (χ3v) is 6.78. The van der Waals surface area contributed by atoms with E-state index < -0.39 is 6.04 Å². The lowest BCUT2D eigenvalue weighted by molar-refractivity contribution is -0.141. The summed E-state index contributed by atoms with van der Waals surface area (Å²) in [5.41, 5.74) is 1.94. The molecule has 5 nitrogen and oxygen atoms in total. The smallest absolute Gasteiger partial charge is 0.243 e. The molecule has 0 aliphatic heterocycles. The van der Waals surface area contributed by atoms with Crippen LogP contribution in [-0.2, 0) is 22.6 Å². The molecule has 3 aromatic carbocycles. The lowest BCUT2D eigenvalue weighted by Crippen LogP contribution is -2.51. The maximum absolute atomic E-state index is 13.7. The van der Waals surface area contributed by atoms with Crippen LogP contribution >= 0.6 is 11.8 Å². The highest BCUT2D eigenvalue weighted by Crippen LogP contribution is 2.22. The molecule has 0 radical (unpaired) electrons. The van der Waals surface area contributed by atoms with Gasteiger partial charge in [0.25, 0.3) is 0 Å². The van der Waals surface area contributed by atoms with Crippen molar-refractivity contribution in [1.82, 2.24) is 10.2 Å². The van der Waals surface area contributed by atoms with Crippen LogP contribution in [0.4, 0.5) is 0 Å². The summed E-state index contributed by atoms with van der Waals surface area (Å²) in [5.74, 6) is 1.52. The first-order valence-corrected chi connectivity index (χ1v) is 13.4. The number of methoxy groups -OCH3 is 1. The molecule has 0 bridgehead atoms. The predicted octanol–water partition coefficient (Wildman–Crippen LogP) is 5.59. The van der Waals surface area contributed by atoms with Gasteiger partial charge in [-0.05, 0) is 41.3 Å². The number of rotatable bonds is 13. The fourth-order valence-corrected chi connectivity index (χ4v) is 4.72. The minimum atomic E-state index is -0.619. The van der Waals surface area contributed by atoms with Crippen LogP contribution in [-0.4, -0.2) is 42.2 Å². The third-order valence-electron chi connectivity index (χ3n) is 5.77. The van der Waals surface area contributed by atoms with E-state index in [1.54, 1.807) is 23.8 Å². The van der Waals surface area contributed by atoms with Crippen molar-refractivity contribution in [2.24, 2.45) is 5.92 Å². The number of nitrogens with zero attached hydrogens (tertiary/aromatic N) is 1. The number of carbonyl (C=O) groups excluding carboxylic acids is 2. The number of benzene rings is 3. The summed E-state index contributed by atoms with van der Waals surface area (Å²) in [7, 11) is 1.63. The largest absolute Gasteiger partial charge is 0.497 e. The summed E-state index contributed by atoms with van der Waals surface area (Å²) in [4.78, 5) is 30.0. The Labute approximate surface area is 219 Å². The summed E-state index contributed by atoms with van der Waals surface area (Å²) in [6.45, 7) is 5.02. The van der Waals surface area contributed by atoms with E-state index >= 15 is 0 Å². The fourth-order valence-electron chi connectivity index (χ4n) is 3.86. The van der Waals surface area contributed by atoms with E-state index in [1.165, 1.54) is 0 Å². The number of thioether (sulfide) groups is 1. The molecule has 36 heavy (non-hydrogen) atoms. The number of carbonyl (C=O) groups is 2. The topological polar surface area (TPSA) is 58.6 Å². The van der Waals surface area contributed by atoms with Crippen LogP contribution in [0.25, 0.3) is 0 Å². The van der Waals surface area contributed by atoms with Gasteiger partial charge in [-0.15, -0.1) is 11.8 Å². The van der Waals surface area contributed by atoms with Crippen molar-refractivity contribution in [3.05, 3.63) is 96.1 Å². The van der Waals surface area contributed by atoms with Gasteiger partial charge in [0.2, 0.25) is 11.8 Å². The molecule has 3 rings (SSSR count). The van der Waals surface area contributed by atoms with E-state index in [9.17, 15) is 9.59 Å². The first kappa shape index (κ1) is 27.3. The monoisotopic (exact) mass is 504 g/mol. The number of ether oxygens (including phenoxy) is 1. The zero-order valence-corrected chi connectivity index (χ0v) is 22.2. The van der Waals surface area contributed by atoms with Crippen LogP contribution in [0.15, 0.2) is 89.8 Å². The lowest BCUT2D eigenvalue weighted by atomic mass is 10.0. The van der Waals surface area contributed by atoms with Gasteiger partial charge < -0.3 is 15.0 Å². The molecule has 0 fully saturated rings. The third kappa shape index (κ3) is 8.76. The molecule has 1 atom stereocenters. The molecule has 2 amide bonds. The minimum absolute atomic E-state index is 0.0399. The second-order valence-electron chi connectivity index (χ2n) is 9.13. The van der Waals surface area contributed by atoms with Crippen molar-refractivity contribution in [2.45, 2.75) is 44.2 Å². The van der Waals surface area contributed by atoms with E-state index in [-0.39, 0.29) is 11.8 Å². The predicted molar refractivity (Wildman–Crippen MR) is 147 cm³/mol. The van der Waals surface area contributed by atoms with Crippen LogP contribution in [0.2, 0.25) is 0 Å². The number of hydrogen-bond donors (Lipinski definition) is 1. The van der Waals surface area contributed by atoms with Crippen molar-refractivity contribution >= 4 is 23.6 Å². The van der Waals surface area contributed by atoms with Crippen LogP contribution in [0, 0.1) is 5.92 Å². The molecule has 3 aromatic rings. The number of hydrogen-bond acceptors (Lipinski definition) is 4.